The Balaban J connectivity index is 2.08. The maximum atomic E-state index is 6.55. The van der Waals surface area contributed by atoms with Crippen molar-refractivity contribution in [2.45, 2.75) is 84.8 Å². The lowest BCUT2D eigenvalue weighted by Gasteiger charge is -2.59. The van der Waals surface area contributed by atoms with Gasteiger partial charge in [0.25, 0.3) is 0 Å². The van der Waals surface area contributed by atoms with Gasteiger partial charge in [0.15, 0.2) is 0 Å². The van der Waals surface area contributed by atoms with Crippen molar-refractivity contribution in [1.29, 1.82) is 0 Å². The van der Waals surface area contributed by atoms with Gasteiger partial charge in [0.2, 0.25) is 0 Å². The monoisotopic (exact) mass is 298 g/mol. The van der Waals surface area contributed by atoms with Crippen molar-refractivity contribution in [2.75, 3.05) is 19.7 Å². The molecule has 0 aromatic carbocycles. The van der Waals surface area contributed by atoms with Crippen molar-refractivity contribution in [3.05, 3.63) is 0 Å². The van der Waals surface area contributed by atoms with Gasteiger partial charge in [0.1, 0.15) is 0 Å². The molecule has 0 aromatic rings. The second-order valence-corrected chi connectivity index (χ2v) is 7.80. The average Bonchev–Trinajstić information content (AvgIpc) is 2.41. The first kappa shape index (κ1) is 18.9. The lowest BCUT2D eigenvalue weighted by atomic mass is 9.54. The van der Waals surface area contributed by atoms with Crippen LogP contribution in [0.3, 0.4) is 0 Å². The normalized spacial score (nSPS) is 27.9. The highest BCUT2D eigenvalue weighted by atomic mass is 16.5. The SMILES string of the molecule is CCOC1CC(N)(CNCCCCCCC(C)C)C1(C)C. The maximum Gasteiger partial charge on any atom is 0.0662 e. The molecule has 1 saturated carbocycles. The van der Waals surface area contributed by atoms with Crippen LogP contribution in [0.5, 0.6) is 0 Å². The predicted molar refractivity (Wildman–Crippen MR) is 91.5 cm³/mol. The molecule has 0 aliphatic heterocycles. The Morgan fingerprint density at radius 1 is 1.19 bits per heavy atom. The zero-order valence-corrected chi connectivity index (χ0v) is 15.0. The van der Waals surface area contributed by atoms with Crippen molar-refractivity contribution < 1.29 is 4.74 Å². The molecule has 2 atom stereocenters. The highest BCUT2D eigenvalue weighted by Crippen LogP contribution is 2.49. The molecule has 0 bridgehead atoms. The van der Waals surface area contributed by atoms with Crippen molar-refractivity contribution in [1.82, 2.24) is 5.32 Å². The van der Waals surface area contributed by atoms with Crippen LogP contribution in [-0.4, -0.2) is 31.3 Å². The lowest BCUT2D eigenvalue weighted by molar-refractivity contribution is -0.148. The Labute approximate surface area is 132 Å². The first-order chi connectivity index (χ1) is 9.83. The fraction of sp³-hybridized carbons (Fsp3) is 1.00. The summed E-state index contributed by atoms with van der Waals surface area (Å²) in [6.45, 7) is 13.9. The number of unbranched alkanes of at least 4 members (excludes halogenated alkanes) is 3. The van der Waals surface area contributed by atoms with E-state index >= 15 is 0 Å². The molecule has 1 aliphatic rings. The largest absolute Gasteiger partial charge is 0.378 e. The number of hydrogen-bond donors (Lipinski definition) is 2. The molecule has 3 heteroatoms. The third-order valence-corrected chi connectivity index (χ3v) is 5.33. The van der Waals surface area contributed by atoms with Gasteiger partial charge in [-0.1, -0.05) is 53.4 Å². The van der Waals surface area contributed by atoms with Crippen molar-refractivity contribution >= 4 is 0 Å². The minimum Gasteiger partial charge on any atom is -0.378 e. The molecule has 1 rings (SSSR count). The molecule has 1 aliphatic carbocycles. The summed E-state index contributed by atoms with van der Waals surface area (Å²) in [5.41, 5.74) is 6.52. The van der Waals surface area contributed by atoms with Crippen LogP contribution < -0.4 is 11.1 Å². The van der Waals surface area contributed by atoms with E-state index < -0.39 is 0 Å². The van der Waals surface area contributed by atoms with Gasteiger partial charge >= 0.3 is 0 Å². The van der Waals surface area contributed by atoms with Gasteiger partial charge in [-0.05, 0) is 32.2 Å². The second kappa shape index (κ2) is 8.50. The van der Waals surface area contributed by atoms with Crippen LogP contribution in [0.4, 0.5) is 0 Å². The number of hydrogen-bond acceptors (Lipinski definition) is 3. The van der Waals surface area contributed by atoms with E-state index in [2.05, 4.69) is 39.9 Å². The average molecular weight is 299 g/mol. The summed E-state index contributed by atoms with van der Waals surface area (Å²) in [4.78, 5) is 0. The molecule has 0 radical (unpaired) electrons. The van der Waals surface area contributed by atoms with Gasteiger partial charge in [-0.15, -0.1) is 0 Å². The van der Waals surface area contributed by atoms with E-state index in [1.165, 1.54) is 32.1 Å². The summed E-state index contributed by atoms with van der Waals surface area (Å²) in [5, 5.41) is 3.57. The minimum atomic E-state index is -0.107. The summed E-state index contributed by atoms with van der Waals surface area (Å²) < 4.78 is 5.77. The van der Waals surface area contributed by atoms with E-state index in [4.69, 9.17) is 10.5 Å². The Kier molecular flexibility index (Phi) is 7.66. The smallest absolute Gasteiger partial charge is 0.0662 e. The summed E-state index contributed by atoms with van der Waals surface area (Å²) >= 11 is 0. The topological polar surface area (TPSA) is 47.3 Å². The predicted octanol–water partition coefficient (Wildman–Crippen LogP) is 3.72. The van der Waals surface area contributed by atoms with Gasteiger partial charge in [-0.25, -0.2) is 0 Å². The Morgan fingerprint density at radius 3 is 2.43 bits per heavy atom. The number of ether oxygens (including phenoxy) is 1. The van der Waals surface area contributed by atoms with Crippen molar-refractivity contribution in [2.24, 2.45) is 17.1 Å². The summed E-state index contributed by atoms with van der Waals surface area (Å²) in [7, 11) is 0. The Hall–Kier alpha value is -0.120. The molecular formula is C18H38N2O. The molecule has 0 saturated heterocycles. The van der Waals surface area contributed by atoms with Crippen molar-refractivity contribution in [3.63, 3.8) is 0 Å². The number of nitrogens with two attached hydrogens (primary N) is 1. The fourth-order valence-corrected chi connectivity index (χ4v) is 3.27. The standard InChI is InChI=1S/C18H38N2O/c1-6-21-16-13-18(19,17(16,4)5)14-20-12-10-8-7-9-11-15(2)3/h15-16,20H,6-14,19H2,1-5H3. The molecule has 3 nitrogen and oxygen atoms in total. The van der Waals surface area contributed by atoms with Gasteiger partial charge in [-0.2, -0.15) is 0 Å². The zero-order chi connectivity index (χ0) is 15.9. The Morgan fingerprint density at radius 2 is 1.86 bits per heavy atom. The highest BCUT2D eigenvalue weighted by molar-refractivity contribution is 5.14. The number of rotatable bonds is 11. The van der Waals surface area contributed by atoms with E-state index in [0.717, 1.165) is 32.0 Å². The van der Waals surface area contributed by atoms with Crippen LogP contribution in [-0.2, 0) is 4.74 Å². The molecule has 21 heavy (non-hydrogen) atoms. The molecule has 126 valence electrons. The first-order valence-corrected chi connectivity index (χ1v) is 8.94. The van der Waals surface area contributed by atoms with E-state index in [-0.39, 0.29) is 11.0 Å². The minimum absolute atomic E-state index is 0.0767. The zero-order valence-electron chi connectivity index (χ0n) is 15.0. The van der Waals surface area contributed by atoms with Crippen LogP contribution in [0.25, 0.3) is 0 Å². The lowest BCUT2D eigenvalue weighted by Crippen LogP contribution is -2.73. The summed E-state index contributed by atoms with van der Waals surface area (Å²) in [6.07, 6.45) is 8.02. The molecule has 2 unspecified atom stereocenters. The molecule has 0 heterocycles. The van der Waals surface area contributed by atoms with Crippen LogP contribution >= 0.6 is 0 Å². The van der Waals surface area contributed by atoms with E-state index in [1.807, 2.05) is 0 Å². The van der Waals surface area contributed by atoms with E-state index in [0.29, 0.717) is 6.10 Å². The van der Waals surface area contributed by atoms with Gasteiger partial charge in [0, 0.05) is 24.1 Å². The fourth-order valence-electron chi connectivity index (χ4n) is 3.27. The van der Waals surface area contributed by atoms with E-state index in [1.54, 1.807) is 0 Å². The molecule has 0 amide bonds. The summed E-state index contributed by atoms with van der Waals surface area (Å²) in [5.74, 6) is 0.847. The van der Waals surface area contributed by atoms with E-state index in [9.17, 15) is 0 Å². The molecule has 3 N–H and O–H groups in total. The molecule has 1 fully saturated rings. The Bertz CT molecular complexity index is 291. The van der Waals surface area contributed by atoms with Crippen LogP contribution in [0.15, 0.2) is 0 Å². The van der Waals surface area contributed by atoms with Gasteiger partial charge in [-0.3, -0.25) is 0 Å². The summed E-state index contributed by atoms with van der Waals surface area (Å²) in [6, 6.07) is 0. The molecule has 0 aromatic heterocycles. The quantitative estimate of drug-likeness (QED) is 0.572. The van der Waals surface area contributed by atoms with Crippen molar-refractivity contribution in [3.8, 4) is 0 Å². The second-order valence-electron chi connectivity index (χ2n) is 7.80. The van der Waals surface area contributed by atoms with Crippen LogP contribution in [0.2, 0.25) is 0 Å². The number of nitrogens with one attached hydrogen (secondary N) is 1. The van der Waals surface area contributed by atoms with Gasteiger partial charge in [0.05, 0.1) is 6.10 Å². The highest BCUT2D eigenvalue weighted by Gasteiger charge is 2.57. The molecular weight excluding hydrogens is 260 g/mol. The third-order valence-electron chi connectivity index (χ3n) is 5.33. The van der Waals surface area contributed by atoms with Crippen LogP contribution in [0.1, 0.15) is 73.1 Å². The first-order valence-electron chi connectivity index (χ1n) is 8.94. The maximum absolute atomic E-state index is 6.55. The van der Waals surface area contributed by atoms with Gasteiger partial charge < -0.3 is 15.8 Å². The van der Waals surface area contributed by atoms with Crippen LogP contribution in [0, 0.1) is 11.3 Å². The third kappa shape index (κ3) is 5.22. The molecule has 0 spiro atoms.